The van der Waals surface area contributed by atoms with Gasteiger partial charge in [0.05, 0.1) is 0 Å². The predicted molar refractivity (Wildman–Crippen MR) is 64.1 cm³/mol. The van der Waals surface area contributed by atoms with Crippen molar-refractivity contribution >= 4 is 11.9 Å². The zero-order chi connectivity index (χ0) is 12.1. The minimum Gasteiger partial charge on any atom is -0.481 e. The van der Waals surface area contributed by atoms with Crippen molar-refractivity contribution in [3.8, 4) is 0 Å². The van der Waals surface area contributed by atoms with E-state index in [1.807, 2.05) is 0 Å². The highest BCUT2D eigenvalue weighted by Gasteiger charge is 2.12. The average molecular weight is 235 g/mol. The van der Waals surface area contributed by atoms with Crippen molar-refractivity contribution in [1.29, 1.82) is 0 Å². The number of carboxylic acid groups (broad SMARTS) is 1. The third-order valence-electron chi connectivity index (χ3n) is 2.96. The molecule has 1 fully saturated rings. The van der Waals surface area contributed by atoms with E-state index >= 15 is 0 Å². The Morgan fingerprint density at radius 1 is 1.24 bits per heavy atom. The normalized spacial score (nSPS) is 15.9. The maximum Gasteiger partial charge on any atom is 0.303 e. The highest BCUT2D eigenvalue weighted by Crippen LogP contribution is 2.15. The molecule has 1 aromatic rings. The summed E-state index contributed by atoms with van der Waals surface area (Å²) in [6, 6.07) is 0. The molecule has 1 N–H and O–H groups in total. The highest BCUT2D eigenvalue weighted by atomic mass is 16.4. The molecule has 2 heterocycles. The van der Waals surface area contributed by atoms with Gasteiger partial charge in [0.1, 0.15) is 0 Å². The number of carboxylic acids is 1. The quantitative estimate of drug-likeness (QED) is 0.856. The van der Waals surface area contributed by atoms with Crippen LogP contribution in [0.3, 0.4) is 0 Å². The molecule has 2 rings (SSSR count). The van der Waals surface area contributed by atoms with Gasteiger partial charge in [0, 0.05) is 31.9 Å². The van der Waals surface area contributed by atoms with E-state index in [1.165, 1.54) is 19.3 Å². The van der Waals surface area contributed by atoms with Crippen molar-refractivity contribution in [2.45, 2.75) is 32.1 Å². The van der Waals surface area contributed by atoms with Crippen LogP contribution < -0.4 is 4.90 Å². The van der Waals surface area contributed by atoms with Gasteiger partial charge < -0.3 is 10.0 Å². The first kappa shape index (κ1) is 11.8. The lowest BCUT2D eigenvalue weighted by Crippen LogP contribution is -2.30. The molecule has 1 aliphatic rings. The summed E-state index contributed by atoms with van der Waals surface area (Å²) in [4.78, 5) is 21.2. The summed E-state index contributed by atoms with van der Waals surface area (Å²) in [5.74, 6) is -0.0196. The molecule has 92 valence electrons. The third kappa shape index (κ3) is 3.41. The van der Waals surface area contributed by atoms with Crippen molar-refractivity contribution in [1.82, 2.24) is 9.97 Å². The Hall–Kier alpha value is -1.65. The van der Waals surface area contributed by atoms with Crippen LogP contribution in [0.2, 0.25) is 0 Å². The number of aliphatic carboxylic acids is 1. The first-order valence-corrected chi connectivity index (χ1v) is 6.03. The minimum absolute atomic E-state index is 0.131. The molecule has 5 heteroatoms. The molecule has 0 atom stereocenters. The molecule has 17 heavy (non-hydrogen) atoms. The highest BCUT2D eigenvalue weighted by molar-refractivity contribution is 5.67. The maximum absolute atomic E-state index is 10.4. The Balaban J connectivity index is 1.94. The lowest BCUT2D eigenvalue weighted by atomic mass is 10.1. The van der Waals surface area contributed by atoms with Crippen LogP contribution in [0.1, 0.15) is 31.2 Å². The molecule has 5 nitrogen and oxygen atoms in total. The number of hydrogen-bond donors (Lipinski definition) is 1. The number of rotatable bonds is 4. The SMILES string of the molecule is O=C(O)CCc1cnc(N2CCCCC2)nc1. The first-order chi connectivity index (χ1) is 8.25. The Labute approximate surface area is 100 Å². The molecular weight excluding hydrogens is 218 g/mol. The molecule has 0 radical (unpaired) electrons. The van der Waals surface area contributed by atoms with Crippen LogP contribution in [0.25, 0.3) is 0 Å². The number of aryl methyl sites for hydroxylation is 1. The van der Waals surface area contributed by atoms with Gasteiger partial charge in [0.2, 0.25) is 5.95 Å². The lowest BCUT2D eigenvalue weighted by molar-refractivity contribution is -0.136. The molecule has 0 amide bonds. The maximum atomic E-state index is 10.4. The van der Waals surface area contributed by atoms with Crippen LogP contribution in [0.4, 0.5) is 5.95 Å². The van der Waals surface area contributed by atoms with Crippen molar-refractivity contribution in [3.63, 3.8) is 0 Å². The molecule has 0 spiro atoms. The molecule has 1 saturated heterocycles. The van der Waals surface area contributed by atoms with Crippen LogP contribution in [-0.4, -0.2) is 34.1 Å². The van der Waals surface area contributed by atoms with Crippen molar-refractivity contribution in [2.75, 3.05) is 18.0 Å². The van der Waals surface area contributed by atoms with Crippen LogP contribution >= 0.6 is 0 Å². The summed E-state index contributed by atoms with van der Waals surface area (Å²) in [6.45, 7) is 2.04. The Morgan fingerprint density at radius 2 is 1.88 bits per heavy atom. The van der Waals surface area contributed by atoms with E-state index in [2.05, 4.69) is 14.9 Å². The van der Waals surface area contributed by atoms with E-state index in [0.29, 0.717) is 6.42 Å². The second-order valence-electron chi connectivity index (χ2n) is 4.33. The molecule has 0 unspecified atom stereocenters. The van der Waals surface area contributed by atoms with E-state index in [0.717, 1.165) is 24.6 Å². The van der Waals surface area contributed by atoms with E-state index < -0.39 is 5.97 Å². The molecular formula is C12H17N3O2. The fraction of sp³-hybridized carbons (Fsp3) is 0.583. The summed E-state index contributed by atoms with van der Waals surface area (Å²) < 4.78 is 0. The molecule has 1 aliphatic heterocycles. The van der Waals surface area contributed by atoms with Crippen molar-refractivity contribution < 1.29 is 9.90 Å². The minimum atomic E-state index is -0.787. The number of hydrogen-bond acceptors (Lipinski definition) is 4. The second-order valence-corrected chi connectivity index (χ2v) is 4.33. The van der Waals surface area contributed by atoms with Crippen LogP contribution in [0, 0.1) is 0 Å². The fourth-order valence-electron chi connectivity index (χ4n) is 1.99. The molecule has 0 aliphatic carbocycles. The second kappa shape index (κ2) is 5.61. The summed E-state index contributed by atoms with van der Waals surface area (Å²) in [5, 5.41) is 8.58. The first-order valence-electron chi connectivity index (χ1n) is 6.03. The average Bonchev–Trinajstić information content (AvgIpc) is 2.38. The smallest absolute Gasteiger partial charge is 0.303 e. The third-order valence-corrected chi connectivity index (χ3v) is 2.96. The predicted octanol–water partition coefficient (Wildman–Crippen LogP) is 1.48. The Kier molecular flexibility index (Phi) is 3.90. The molecule has 0 saturated carbocycles. The number of nitrogens with zero attached hydrogens (tertiary/aromatic N) is 3. The van der Waals surface area contributed by atoms with Gasteiger partial charge in [-0.2, -0.15) is 0 Å². The van der Waals surface area contributed by atoms with Crippen LogP contribution in [-0.2, 0) is 11.2 Å². The monoisotopic (exact) mass is 235 g/mol. The lowest BCUT2D eigenvalue weighted by Gasteiger charge is -2.26. The van der Waals surface area contributed by atoms with E-state index in [-0.39, 0.29) is 6.42 Å². The zero-order valence-electron chi connectivity index (χ0n) is 9.80. The molecule has 0 bridgehead atoms. The molecule has 1 aromatic heterocycles. The van der Waals surface area contributed by atoms with Crippen molar-refractivity contribution in [3.05, 3.63) is 18.0 Å². The summed E-state index contributed by atoms with van der Waals surface area (Å²) in [5.41, 5.74) is 0.883. The van der Waals surface area contributed by atoms with Gasteiger partial charge in [0.15, 0.2) is 0 Å². The van der Waals surface area contributed by atoms with Gasteiger partial charge in [-0.25, -0.2) is 9.97 Å². The topological polar surface area (TPSA) is 66.3 Å². The van der Waals surface area contributed by atoms with Gasteiger partial charge in [-0.05, 0) is 31.2 Å². The standard InChI is InChI=1S/C12H17N3O2/c16-11(17)5-4-10-8-13-12(14-9-10)15-6-2-1-3-7-15/h8-9H,1-7H2,(H,16,17). The summed E-state index contributed by atoms with van der Waals surface area (Å²) in [7, 11) is 0. The van der Waals surface area contributed by atoms with Crippen LogP contribution in [0.5, 0.6) is 0 Å². The number of anilines is 1. The van der Waals surface area contributed by atoms with E-state index in [9.17, 15) is 4.79 Å². The Bertz CT molecular complexity index is 372. The Morgan fingerprint density at radius 3 is 2.47 bits per heavy atom. The van der Waals surface area contributed by atoms with Gasteiger partial charge in [0.25, 0.3) is 0 Å². The largest absolute Gasteiger partial charge is 0.481 e. The van der Waals surface area contributed by atoms with E-state index in [4.69, 9.17) is 5.11 Å². The van der Waals surface area contributed by atoms with Gasteiger partial charge in [-0.15, -0.1) is 0 Å². The number of piperidine rings is 1. The zero-order valence-corrected chi connectivity index (χ0v) is 9.80. The van der Waals surface area contributed by atoms with Gasteiger partial charge in [-0.1, -0.05) is 0 Å². The summed E-state index contributed by atoms with van der Waals surface area (Å²) in [6.07, 6.45) is 7.78. The number of carbonyl (C=O) groups is 1. The number of aromatic nitrogens is 2. The van der Waals surface area contributed by atoms with Crippen LogP contribution in [0.15, 0.2) is 12.4 Å². The van der Waals surface area contributed by atoms with E-state index in [1.54, 1.807) is 12.4 Å². The molecule has 0 aromatic carbocycles. The fourth-order valence-corrected chi connectivity index (χ4v) is 1.99. The summed E-state index contributed by atoms with van der Waals surface area (Å²) >= 11 is 0. The van der Waals surface area contributed by atoms with Gasteiger partial charge in [-0.3, -0.25) is 4.79 Å². The van der Waals surface area contributed by atoms with Crippen molar-refractivity contribution in [2.24, 2.45) is 0 Å². The van der Waals surface area contributed by atoms with Gasteiger partial charge >= 0.3 is 5.97 Å².